The van der Waals surface area contributed by atoms with E-state index in [0.29, 0.717) is 17.9 Å². The Morgan fingerprint density at radius 1 is 1.24 bits per heavy atom. The summed E-state index contributed by atoms with van der Waals surface area (Å²) in [5, 5.41) is 9.50. The van der Waals surface area contributed by atoms with Crippen LogP contribution in [0.2, 0.25) is 0 Å². The molecule has 2 rings (SSSR count). The molecule has 110 valence electrons. The fourth-order valence-corrected chi connectivity index (χ4v) is 1.95. The molecule has 21 heavy (non-hydrogen) atoms. The first-order valence-electron chi connectivity index (χ1n) is 6.77. The lowest BCUT2D eigenvalue weighted by Gasteiger charge is -2.07. The Morgan fingerprint density at radius 3 is 2.62 bits per heavy atom. The summed E-state index contributed by atoms with van der Waals surface area (Å²) >= 11 is 0. The highest BCUT2D eigenvalue weighted by Gasteiger charge is 2.13. The molecule has 1 aromatic heterocycles. The fraction of sp³-hybridized carbons (Fsp3) is 0.267. The van der Waals surface area contributed by atoms with E-state index >= 15 is 0 Å². The van der Waals surface area contributed by atoms with Crippen molar-refractivity contribution in [2.45, 2.75) is 20.4 Å². The third-order valence-corrected chi connectivity index (χ3v) is 2.90. The normalized spacial score (nSPS) is 10.2. The van der Waals surface area contributed by atoms with Gasteiger partial charge in [-0.1, -0.05) is 18.2 Å². The zero-order valence-corrected chi connectivity index (χ0v) is 12.1. The minimum absolute atomic E-state index is 0.0817. The molecule has 0 spiro atoms. The highest BCUT2D eigenvalue weighted by molar-refractivity contribution is 5.98. The minimum atomic E-state index is -0.305. The molecule has 0 bridgehead atoms. The number of hydrogen-bond acceptors (Lipinski definition) is 3. The summed E-state index contributed by atoms with van der Waals surface area (Å²) in [7, 11) is 0. The number of carbonyl (C=O) groups is 2. The summed E-state index contributed by atoms with van der Waals surface area (Å²) in [5.41, 5.74) is 1.93. The molecule has 6 nitrogen and oxygen atoms in total. The number of nitrogens with one attached hydrogen (secondary N) is 2. The van der Waals surface area contributed by atoms with Gasteiger partial charge in [0, 0.05) is 12.2 Å². The van der Waals surface area contributed by atoms with Crippen molar-refractivity contribution in [1.29, 1.82) is 0 Å². The van der Waals surface area contributed by atoms with Gasteiger partial charge in [0.1, 0.15) is 5.69 Å². The molecule has 2 amide bonds. The van der Waals surface area contributed by atoms with E-state index < -0.39 is 0 Å². The SMILES string of the molecule is CCn1nc(C)cc1C(=O)NCC(=O)Nc1ccccc1. The number of aryl methyl sites for hydroxylation is 2. The van der Waals surface area contributed by atoms with Gasteiger partial charge in [-0.25, -0.2) is 0 Å². The summed E-state index contributed by atoms with van der Waals surface area (Å²) in [6.45, 7) is 4.25. The molecule has 0 aliphatic rings. The zero-order chi connectivity index (χ0) is 15.2. The van der Waals surface area contributed by atoms with E-state index in [2.05, 4.69) is 15.7 Å². The number of para-hydroxylation sites is 1. The second kappa shape index (κ2) is 6.69. The molecule has 0 aliphatic heterocycles. The lowest BCUT2D eigenvalue weighted by atomic mass is 10.3. The first kappa shape index (κ1) is 14.8. The van der Waals surface area contributed by atoms with Gasteiger partial charge >= 0.3 is 0 Å². The summed E-state index contributed by atoms with van der Waals surface area (Å²) in [6, 6.07) is 10.8. The standard InChI is InChI=1S/C15H18N4O2/c1-3-19-13(9-11(2)18-19)15(21)16-10-14(20)17-12-7-5-4-6-8-12/h4-9H,3,10H2,1-2H3,(H,16,21)(H,17,20). The fourth-order valence-electron chi connectivity index (χ4n) is 1.95. The van der Waals surface area contributed by atoms with Crippen molar-refractivity contribution in [3.63, 3.8) is 0 Å². The van der Waals surface area contributed by atoms with Crippen LogP contribution in [0.3, 0.4) is 0 Å². The molecule has 1 aromatic carbocycles. The monoisotopic (exact) mass is 286 g/mol. The Hall–Kier alpha value is -2.63. The Labute approximate surface area is 123 Å². The highest BCUT2D eigenvalue weighted by atomic mass is 16.2. The van der Waals surface area contributed by atoms with Gasteiger partial charge in [-0.05, 0) is 32.0 Å². The second-order valence-corrected chi connectivity index (χ2v) is 4.58. The van der Waals surface area contributed by atoms with Crippen LogP contribution >= 0.6 is 0 Å². The molecule has 0 saturated carbocycles. The largest absolute Gasteiger partial charge is 0.342 e. The Bertz CT molecular complexity index is 634. The highest BCUT2D eigenvalue weighted by Crippen LogP contribution is 2.05. The number of aromatic nitrogens is 2. The Morgan fingerprint density at radius 2 is 1.95 bits per heavy atom. The van der Waals surface area contributed by atoms with E-state index in [-0.39, 0.29) is 18.4 Å². The summed E-state index contributed by atoms with van der Waals surface area (Å²) in [4.78, 5) is 23.8. The number of benzene rings is 1. The van der Waals surface area contributed by atoms with Crippen molar-refractivity contribution < 1.29 is 9.59 Å². The topological polar surface area (TPSA) is 76.0 Å². The Kier molecular flexibility index (Phi) is 4.71. The van der Waals surface area contributed by atoms with Crippen LogP contribution in [-0.4, -0.2) is 28.1 Å². The third-order valence-electron chi connectivity index (χ3n) is 2.90. The molecule has 2 N–H and O–H groups in total. The van der Waals surface area contributed by atoms with Crippen molar-refractivity contribution in [1.82, 2.24) is 15.1 Å². The predicted molar refractivity (Wildman–Crippen MR) is 80.0 cm³/mol. The maximum atomic E-state index is 12.0. The third kappa shape index (κ3) is 3.92. The number of carbonyl (C=O) groups excluding carboxylic acids is 2. The summed E-state index contributed by atoms with van der Waals surface area (Å²) < 4.78 is 1.61. The van der Waals surface area contributed by atoms with Crippen LogP contribution in [0.1, 0.15) is 23.1 Å². The maximum Gasteiger partial charge on any atom is 0.269 e. The number of nitrogens with zero attached hydrogens (tertiary/aromatic N) is 2. The quantitative estimate of drug-likeness (QED) is 0.876. The number of rotatable bonds is 5. The van der Waals surface area contributed by atoms with Gasteiger partial charge in [0.25, 0.3) is 5.91 Å². The van der Waals surface area contributed by atoms with Gasteiger partial charge in [0.2, 0.25) is 5.91 Å². The number of amides is 2. The molecule has 0 atom stereocenters. The van der Waals surface area contributed by atoms with Crippen LogP contribution < -0.4 is 10.6 Å². The van der Waals surface area contributed by atoms with Gasteiger partial charge in [0.15, 0.2) is 0 Å². The van der Waals surface area contributed by atoms with Gasteiger partial charge in [-0.3, -0.25) is 14.3 Å². The van der Waals surface area contributed by atoms with Crippen LogP contribution in [0, 0.1) is 6.92 Å². The number of hydrogen-bond donors (Lipinski definition) is 2. The van der Waals surface area contributed by atoms with E-state index in [1.807, 2.05) is 32.0 Å². The Balaban J connectivity index is 1.90. The van der Waals surface area contributed by atoms with Crippen LogP contribution in [0.25, 0.3) is 0 Å². The molecule has 0 aliphatic carbocycles. The van der Waals surface area contributed by atoms with Gasteiger partial charge < -0.3 is 10.6 Å². The molecule has 2 aromatic rings. The maximum absolute atomic E-state index is 12.0. The van der Waals surface area contributed by atoms with E-state index in [4.69, 9.17) is 0 Å². The van der Waals surface area contributed by atoms with Crippen molar-refractivity contribution >= 4 is 17.5 Å². The van der Waals surface area contributed by atoms with Gasteiger partial charge in [-0.2, -0.15) is 5.10 Å². The van der Waals surface area contributed by atoms with Gasteiger partial charge in [0.05, 0.1) is 12.2 Å². The van der Waals surface area contributed by atoms with Crippen molar-refractivity contribution in [3.8, 4) is 0 Å². The molecule has 0 radical (unpaired) electrons. The minimum Gasteiger partial charge on any atom is -0.342 e. The van der Waals surface area contributed by atoms with Crippen LogP contribution in [0.4, 0.5) is 5.69 Å². The first-order valence-corrected chi connectivity index (χ1v) is 6.77. The number of anilines is 1. The van der Waals surface area contributed by atoms with Crippen molar-refractivity contribution in [3.05, 3.63) is 47.8 Å². The predicted octanol–water partition coefficient (Wildman–Crippen LogP) is 1.58. The first-order chi connectivity index (χ1) is 10.1. The van der Waals surface area contributed by atoms with Crippen molar-refractivity contribution in [2.75, 3.05) is 11.9 Å². The zero-order valence-electron chi connectivity index (χ0n) is 12.1. The molecular formula is C15H18N4O2. The lowest BCUT2D eigenvalue weighted by Crippen LogP contribution is -2.34. The van der Waals surface area contributed by atoms with Crippen LogP contribution in [-0.2, 0) is 11.3 Å². The lowest BCUT2D eigenvalue weighted by molar-refractivity contribution is -0.115. The molecule has 0 saturated heterocycles. The smallest absolute Gasteiger partial charge is 0.269 e. The molecule has 6 heteroatoms. The molecule has 1 heterocycles. The van der Waals surface area contributed by atoms with Crippen molar-refractivity contribution in [2.24, 2.45) is 0 Å². The molecule has 0 fully saturated rings. The van der Waals surface area contributed by atoms with Crippen LogP contribution in [0.15, 0.2) is 36.4 Å². The van der Waals surface area contributed by atoms with E-state index in [1.54, 1.807) is 22.9 Å². The summed E-state index contributed by atoms with van der Waals surface area (Å²) in [5.74, 6) is -0.575. The van der Waals surface area contributed by atoms with E-state index in [9.17, 15) is 9.59 Å². The van der Waals surface area contributed by atoms with E-state index in [1.165, 1.54) is 0 Å². The average molecular weight is 286 g/mol. The molecule has 0 unspecified atom stereocenters. The van der Waals surface area contributed by atoms with Gasteiger partial charge in [-0.15, -0.1) is 0 Å². The van der Waals surface area contributed by atoms with E-state index in [0.717, 1.165) is 5.69 Å². The molecular weight excluding hydrogens is 268 g/mol. The summed E-state index contributed by atoms with van der Waals surface area (Å²) in [6.07, 6.45) is 0. The second-order valence-electron chi connectivity index (χ2n) is 4.58. The average Bonchev–Trinajstić information content (AvgIpc) is 2.87. The van der Waals surface area contributed by atoms with Crippen LogP contribution in [0.5, 0.6) is 0 Å².